The molecule has 4 aliphatic rings. The van der Waals surface area contributed by atoms with Crippen LogP contribution >= 0.6 is 0 Å². The van der Waals surface area contributed by atoms with Crippen LogP contribution in [0.25, 0.3) is 10.9 Å². The highest BCUT2D eigenvalue weighted by Gasteiger charge is 2.30. The number of piperidine rings is 4. The first-order valence-electron chi connectivity index (χ1n) is 17.7. The quantitative estimate of drug-likeness (QED) is 0.245. The Hall–Kier alpha value is -4.32. The Kier molecular flexibility index (Phi) is 9.43. The van der Waals surface area contributed by atoms with Crippen molar-refractivity contribution >= 4 is 45.7 Å². The Labute approximate surface area is 281 Å². The van der Waals surface area contributed by atoms with Gasteiger partial charge in [-0.3, -0.25) is 24.4 Å². The molecule has 0 bridgehead atoms. The number of carbonyl (C=O) groups excluding carboxylic acids is 3. The number of nitrogens with zero attached hydrogens (tertiary/aromatic N) is 5. The van der Waals surface area contributed by atoms with Gasteiger partial charge in [0.2, 0.25) is 11.8 Å². The molecule has 12 nitrogen and oxygen atoms in total. The molecule has 4 saturated heterocycles. The summed E-state index contributed by atoms with van der Waals surface area (Å²) in [4.78, 5) is 43.9. The third-order valence-corrected chi connectivity index (χ3v) is 10.8. The zero-order chi connectivity index (χ0) is 33.2. The Balaban J connectivity index is 0.891. The van der Waals surface area contributed by atoms with Gasteiger partial charge in [-0.2, -0.15) is 5.10 Å². The summed E-state index contributed by atoms with van der Waals surface area (Å²) < 4.78 is 7.78. The van der Waals surface area contributed by atoms with Crippen LogP contribution in [0.5, 0.6) is 5.75 Å². The zero-order valence-corrected chi connectivity index (χ0v) is 28.0. The number of benzene rings is 2. The van der Waals surface area contributed by atoms with E-state index in [0.29, 0.717) is 29.7 Å². The number of nitrogen functional groups attached to an aromatic ring is 1. The summed E-state index contributed by atoms with van der Waals surface area (Å²) in [6.45, 7) is 7.35. The van der Waals surface area contributed by atoms with Crippen LogP contribution in [0.3, 0.4) is 0 Å². The fourth-order valence-corrected chi connectivity index (χ4v) is 7.93. The molecular weight excluding hydrogens is 608 g/mol. The summed E-state index contributed by atoms with van der Waals surface area (Å²) >= 11 is 0. The molecule has 0 saturated carbocycles. The predicted molar refractivity (Wildman–Crippen MR) is 186 cm³/mol. The van der Waals surface area contributed by atoms with Crippen molar-refractivity contribution in [3.63, 3.8) is 0 Å². The third-order valence-electron chi connectivity index (χ3n) is 10.8. The maximum atomic E-state index is 13.0. The average molecular weight is 657 g/mol. The number of ether oxygens (including phenoxy) is 1. The molecule has 12 heteroatoms. The average Bonchev–Trinajstić information content (AvgIpc) is 3.52. The molecule has 1 aromatic heterocycles. The van der Waals surface area contributed by atoms with Gasteiger partial charge >= 0.3 is 0 Å². The largest absolute Gasteiger partial charge is 0.496 e. The summed E-state index contributed by atoms with van der Waals surface area (Å²) in [5.41, 5.74) is 10.9. The number of nitrogens with one attached hydrogen (secondary N) is 2. The van der Waals surface area contributed by atoms with Crippen molar-refractivity contribution in [1.82, 2.24) is 25.3 Å². The molecule has 0 aliphatic carbocycles. The van der Waals surface area contributed by atoms with Crippen LogP contribution in [0.2, 0.25) is 0 Å². The van der Waals surface area contributed by atoms with Crippen LogP contribution in [0.1, 0.15) is 74.2 Å². The van der Waals surface area contributed by atoms with Crippen LogP contribution in [-0.2, 0) is 9.59 Å². The lowest BCUT2D eigenvalue weighted by atomic mass is 9.94. The minimum absolute atomic E-state index is 0.208. The first kappa shape index (κ1) is 32.2. The summed E-state index contributed by atoms with van der Waals surface area (Å²) in [6.07, 6.45) is 10.9. The topological polar surface area (TPSA) is 138 Å². The first-order chi connectivity index (χ1) is 23.3. The van der Waals surface area contributed by atoms with Gasteiger partial charge in [-0.15, -0.1) is 0 Å². The highest BCUT2D eigenvalue weighted by molar-refractivity contribution is 6.04. The van der Waals surface area contributed by atoms with Crippen LogP contribution < -0.4 is 30.9 Å². The summed E-state index contributed by atoms with van der Waals surface area (Å²) in [6, 6.07) is 9.61. The molecular formula is C36H48N8O4. The van der Waals surface area contributed by atoms with Crippen molar-refractivity contribution in [2.24, 2.45) is 5.92 Å². The number of imide groups is 1. The van der Waals surface area contributed by atoms with Gasteiger partial charge in [-0.1, -0.05) is 0 Å². The molecule has 7 rings (SSSR count). The fourth-order valence-electron chi connectivity index (χ4n) is 7.93. The number of amides is 3. The molecule has 4 N–H and O–H groups in total. The van der Waals surface area contributed by atoms with Gasteiger partial charge in [0.1, 0.15) is 11.8 Å². The summed E-state index contributed by atoms with van der Waals surface area (Å²) in [5.74, 6) is -0.0441. The fraction of sp³-hybridized carbons (Fsp3) is 0.556. The standard InChI is InChI=1S/C36H48N8O4/c1-48-33-20-27(5-6-28(33)35(46)38-30-7-8-34(45)39-36(30)47)42-17-9-24(10-18-42)22-41-15-11-26(12-16-41)44-23-25-19-29(37)32(21-31(25)40-44)43-13-3-2-4-14-43/h5-6,19-21,23-24,26,30H,2-4,7-18,22,37H2,1H3,(H,38,46)(H,39,45,47)/t30-/m0/s1. The molecule has 0 radical (unpaired) electrons. The molecule has 3 amide bonds. The lowest BCUT2D eigenvalue weighted by molar-refractivity contribution is -0.134. The smallest absolute Gasteiger partial charge is 0.255 e. The number of carbonyl (C=O) groups is 3. The SMILES string of the molecule is COc1cc(N2CCC(CN3CCC(n4cc5cc(N)c(N6CCCCC6)cc5n4)CC3)CC2)ccc1C(=O)N[C@H]1CCC(=O)NC1=O. The number of nitrogens with two attached hydrogens (primary N) is 1. The number of hydrogen-bond acceptors (Lipinski definition) is 9. The lowest BCUT2D eigenvalue weighted by Crippen LogP contribution is -2.52. The predicted octanol–water partition coefficient (Wildman–Crippen LogP) is 3.71. The van der Waals surface area contributed by atoms with Gasteiger partial charge in [0.15, 0.2) is 0 Å². The van der Waals surface area contributed by atoms with E-state index in [4.69, 9.17) is 15.6 Å². The summed E-state index contributed by atoms with van der Waals surface area (Å²) in [7, 11) is 1.55. The van der Waals surface area contributed by atoms with E-state index in [1.807, 2.05) is 12.1 Å². The number of aromatic nitrogens is 2. The third kappa shape index (κ3) is 6.94. The molecule has 256 valence electrons. The molecule has 4 aliphatic heterocycles. The lowest BCUT2D eigenvalue weighted by Gasteiger charge is -2.38. The van der Waals surface area contributed by atoms with Gasteiger partial charge in [0, 0.05) is 75.6 Å². The monoisotopic (exact) mass is 656 g/mol. The van der Waals surface area contributed by atoms with E-state index < -0.39 is 11.9 Å². The minimum atomic E-state index is -0.729. The van der Waals surface area contributed by atoms with E-state index in [9.17, 15) is 14.4 Å². The molecule has 4 fully saturated rings. The van der Waals surface area contributed by atoms with Crippen molar-refractivity contribution in [3.05, 3.63) is 42.1 Å². The van der Waals surface area contributed by atoms with Crippen molar-refractivity contribution < 1.29 is 19.1 Å². The number of rotatable bonds is 8. The van der Waals surface area contributed by atoms with Crippen LogP contribution in [0.15, 0.2) is 36.5 Å². The maximum absolute atomic E-state index is 13.0. The van der Waals surface area contributed by atoms with Gasteiger partial charge in [0.05, 0.1) is 35.6 Å². The van der Waals surface area contributed by atoms with E-state index in [1.165, 1.54) is 19.3 Å². The van der Waals surface area contributed by atoms with Gasteiger partial charge < -0.3 is 30.5 Å². The number of methoxy groups -OCH3 is 1. The Morgan fingerprint density at radius 3 is 2.46 bits per heavy atom. The second-order valence-electron chi connectivity index (χ2n) is 14.0. The molecule has 2 aromatic carbocycles. The Bertz CT molecular complexity index is 1650. The van der Waals surface area contributed by atoms with Gasteiger partial charge in [0.25, 0.3) is 5.91 Å². The van der Waals surface area contributed by atoms with Crippen molar-refractivity contribution in [3.8, 4) is 5.75 Å². The van der Waals surface area contributed by atoms with E-state index in [-0.39, 0.29) is 18.2 Å². The second kappa shape index (κ2) is 14.0. The molecule has 0 spiro atoms. The van der Waals surface area contributed by atoms with Crippen LogP contribution in [0.4, 0.5) is 17.1 Å². The van der Waals surface area contributed by atoms with Crippen molar-refractivity contribution in [2.45, 2.75) is 69.9 Å². The number of hydrogen-bond donors (Lipinski definition) is 3. The summed E-state index contributed by atoms with van der Waals surface area (Å²) in [5, 5.41) is 11.2. The Morgan fingerprint density at radius 2 is 1.73 bits per heavy atom. The van der Waals surface area contributed by atoms with E-state index in [2.05, 4.69) is 48.3 Å². The van der Waals surface area contributed by atoms with Gasteiger partial charge in [-0.25, -0.2) is 0 Å². The number of likely N-dealkylation sites (tertiary alicyclic amines) is 1. The highest BCUT2D eigenvalue weighted by Crippen LogP contribution is 2.34. The minimum Gasteiger partial charge on any atom is -0.496 e. The first-order valence-corrected chi connectivity index (χ1v) is 17.7. The molecule has 3 aromatic rings. The second-order valence-corrected chi connectivity index (χ2v) is 14.0. The molecule has 48 heavy (non-hydrogen) atoms. The number of fused-ring (bicyclic) bond motifs is 1. The zero-order valence-electron chi connectivity index (χ0n) is 28.0. The highest BCUT2D eigenvalue weighted by atomic mass is 16.5. The van der Waals surface area contributed by atoms with Gasteiger partial charge in [-0.05, 0) is 81.5 Å². The normalized spacial score (nSPS) is 21.8. The Morgan fingerprint density at radius 1 is 0.958 bits per heavy atom. The van der Waals surface area contributed by atoms with E-state index in [1.54, 1.807) is 13.2 Å². The van der Waals surface area contributed by atoms with E-state index in [0.717, 1.165) is 99.5 Å². The van der Waals surface area contributed by atoms with Crippen molar-refractivity contribution in [2.75, 3.05) is 68.5 Å². The van der Waals surface area contributed by atoms with E-state index >= 15 is 0 Å². The van der Waals surface area contributed by atoms with Crippen molar-refractivity contribution in [1.29, 1.82) is 0 Å². The number of anilines is 3. The van der Waals surface area contributed by atoms with Crippen LogP contribution in [0, 0.1) is 5.92 Å². The van der Waals surface area contributed by atoms with Crippen LogP contribution in [-0.4, -0.2) is 91.4 Å². The molecule has 5 heterocycles. The maximum Gasteiger partial charge on any atom is 0.255 e. The molecule has 1 atom stereocenters. The molecule has 0 unspecified atom stereocenters.